The summed E-state index contributed by atoms with van der Waals surface area (Å²) >= 11 is 0. The van der Waals surface area contributed by atoms with Gasteiger partial charge in [-0.1, -0.05) is 80.6 Å². The molecule has 16 heteroatoms. The molecular formula is C45H62N10O6. The van der Waals surface area contributed by atoms with E-state index in [1.165, 1.54) is 4.90 Å². The molecule has 2 saturated heterocycles. The predicted octanol–water partition coefficient (Wildman–Crippen LogP) is 2.42. The number of aromatic amines is 1. The molecular weight excluding hydrogens is 777 g/mol. The summed E-state index contributed by atoms with van der Waals surface area (Å²) in [6.45, 7) is 0.748. The van der Waals surface area contributed by atoms with Crippen LogP contribution >= 0.6 is 0 Å². The van der Waals surface area contributed by atoms with E-state index in [0.29, 0.717) is 45.1 Å². The number of nitrogens with two attached hydrogens (primary N) is 1. The first-order valence-corrected chi connectivity index (χ1v) is 22.0. The van der Waals surface area contributed by atoms with Crippen LogP contribution in [0, 0.1) is 11.3 Å². The van der Waals surface area contributed by atoms with Crippen LogP contribution in [-0.2, 0) is 41.6 Å². The fraction of sp³-hybridized carbons (Fsp3) is 0.533. The number of fused-ring (bicyclic) bond motifs is 2. The third-order valence-corrected chi connectivity index (χ3v) is 12.2. The summed E-state index contributed by atoms with van der Waals surface area (Å²) in [5.41, 5.74) is 8.13. The van der Waals surface area contributed by atoms with Crippen molar-refractivity contribution in [2.24, 2.45) is 11.7 Å². The van der Waals surface area contributed by atoms with Crippen LogP contribution in [0.1, 0.15) is 94.6 Å². The molecule has 1 saturated carbocycles. The second-order valence-corrected chi connectivity index (χ2v) is 16.7. The lowest BCUT2D eigenvalue weighted by molar-refractivity contribution is -0.142. The van der Waals surface area contributed by atoms with Gasteiger partial charge in [0.05, 0.1) is 0 Å². The normalized spacial score (nSPS) is 23.8. The van der Waals surface area contributed by atoms with Crippen LogP contribution in [0.3, 0.4) is 0 Å². The molecule has 3 heterocycles. The third-order valence-electron chi connectivity index (χ3n) is 12.2. The first kappa shape index (κ1) is 44.6. The molecule has 3 aliphatic rings. The maximum absolute atomic E-state index is 14.5. The number of aromatic nitrogens is 1. The number of benzene rings is 2. The second-order valence-electron chi connectivity index (χ2n) is 16.7. The van der Waals surface area contributed by atoms with E-state index in [1.807, 2.05) is 54.6 Å². The average Bonchev–Trinajstić information content (AvgIpc) is 3.92. The fourth-order valence-electron chi connectivity index (χ4n) is 8.90. The zero-order valence-corrected chi connectivity index (χ0v) is 34.9. The van der Waals surface area contributed by atoms with Crippen LogP contribution < -0.4 is 37.6 Å². The van der Waals surface area contributed by atoms with E-state index in [2.05, 4.69) is 36.9 Å². The minimum absolute atomic E-state index is 0.106. The summed E-state index contributed by atoms with van der Waals surface area (Å²) in [4.78, 5) is 89.5. The molecule has 10 N–H and O–H groups in total. The van der Waals surface area contributed by atoms with E-state index < -0.39 is 53.8 Å². The highest BCUT2D eigenvalue weighted by Gasteiger charge is 2.40. The van der Waals surface area contributed by atoms with Gasteiger partial charge in [0.25, 0.3) is 0 Å². The van der Waals surface area contributed by atoms with Crippen LogP contribution in [0.4, 0.5) is 0 Å². The van der Waals surface area contributed by atoms with Gasteiger partial charge in [0, 0.05) is 49.6 Å². The summed E-state index contributed by atoms with van der Waals surface area (Å²) in [6.07, 6.45) is 9.96. The van der Waals surface area contributed by atoms with Crippen LogP contribution in [0.15, 0.2) is 60.8 Å². The van der Waals surface area contributed by atoms with Gasteiger partial charge in [0.1, 0.15) is 30.2 Å². The van der Waals surface area contributed by atoms with Gasteiger partial charge in [-0.3, -0.25) is 34.2 Å². The molecule has 61 heavy (non-hydrogen) atoms. The van der Waals surface area contributed by atoms with Crippen molar-refractivity contribution in [2.75, 3.05) is 19.6 Å². The molecule has 1 aliphatic carbocycles. The van der Waals surface area contributed by atoms with Gasteiger partial charge in [-0.25, -0.2) is 0 Å². The number of hydrogen-bond acceptors (Lipinski definition) is 7. The van der Waals surface area contributed by atoms with E-state index in [9.17, 15) is 28.8 Å². The SMILES string of the molecule is N=C(N)NCCCC1NC(=O)C(Cc2c[nH]c3ccccc23)NC(=O)[C@@H](CC2CCCCC2)NC(=O)C2CCCN2C(=O)[C@@H](NC(=O)CCc2ccccc2)CCCNC1=O. The molecule has 5 atom stereocenters. The van der Waals surface area contributed by atoms with E-state index in [0.717, 1.165) is 54.1 Å². The molecule has 0 spiro atoms. The largest absolute Gasteiger partial charge is 0.370 e. The minimum Gasteiger partial charge on any atom is -0.370 e. The molecule has 6 rings (SSSR count). The maximum Gasteiger partial charge on any atom is 0.245 e. The molecule has 2 aromatic carbocycles. The average molecular weight is 839 g/mol. The molecule has 3 unspecified atom stereocenters. The van der Waals surface area contributed by atoms with Gasteiger partial charge in [-0.2, -0.15) is 0 Å². The van der Waals surface area contributed by atoms with Gasteiger partial charge < -0.3 is 47.5 Å². The zero-order chi connectivity index (χ0) is 43.1. The van der Waals surface area contributed by atoms with Crippen molar-refractivity contribution >= 4 is 52.3 Å². The number of nitrogens with one attached hydrogen (secondary N) is 8. The Morgan fingerprint density at radius 2 is 1.51 bits per heavy atom. The number of guanidine groups is 1. The summed E-state index contributed by atoms with van der Waals surface area (Å²) in [5, 5.41) is 25.9. The number of amides is 6. The van der Waals surface area contributed by atoms with Crippen molar-refractivity contribution in [3.63, 3.8) is 0 Å². The lowest BCUT2D eigenvalue weighted by Crippen LogP contribution is -2.59. The molecule has 0 radical (unpaired) electrons. The van der Waals surface area contributed by atoms with E-state index in [4.69, 9.17) is 11.1 Å². The van der Waals surface area contributed by atoms with E-state index in [1.54, 1.807) is 6.20 Å². The number of rotatable bonds is 12. The van der Waals surface area contributed by atoms with Crippen molar-refractivity contribution in [2.45, 2.75) is 127 Å². The monoisotopic (exact) mass is 838 g/mol. The topological polar surface area (TPSA) is 243 Å². The van der Waals surface area contributed by atoms with Crippen molar-refractivity contribution in [1.29, 1.82) is 5.41 Å². The first-order valence-electron chi connectivity index (χ1n) is 22.0. The molecule has 3 aromatic rings. The van der Waals surface area contributed by atoms with E-state index in [-0.39, 0.29) is 62.5 Å². The Balaban J connectivity index is 1.28. The summed E-state index contributed by atoms with van der Waals surface area (Å²) in [7, 11) is 0. The fourth-order valence-corrected chi connectivity index (χ4v) is 8.90. The van der Waals surface area contributed by atoms with Crippen LogP contribution in [0.5, 0.6) is 0 Å². The Labute approximate surface area is 357 Å². The number of nitrogens with zero attached hydrogens (tertiary/aromatic N) is 1. The lowest BCUT2D eigenvalue weighted by Gasteiger charge is -2.32. The summed E-state index contributed by atoms with van der Waals surface area (Å²) in [5.74, 6) is -2.70. The quantitative estimate of drug-likeness (QED) is 0.0744. The standard InChI is InChI=1S/C45H62N10O6/c46-45(47)49-24-9-18-34-40(57)48-23-10-19-35(51-39(56)22-21-29-12-3-1-4-13-29)44(61)55-25-11-20-38(55)43(60)54-36(26-30-14-5-2-6-15-30)41(58)53-37(42(59)52-34)27-31-28-50-33-17-8-7-16-32(31)33/h1,3-4,7-8,12-13,16-17,28,30,34-38,50H,2,5-6,9-11,14-15,18-27H2,(H,48,57)(H,51,56)(H,52,59)(H,53,58)(H,54,60)(H4,46,47,49)/t34?,35-,36+,37?,38?/m0/s1. The number of carbonyl (C=O) groups excluding carboxylic acids is 6. The highest BCUT2D eigenvalue weighted by atomic mass is 16.2. The number of para-hydroxylation sites is 1. The highest BCUT2D eigenvalue weighted by Crippen LogP contribution is 2.28. The molecule has 3 fully saturated rings. The number of H-pyrrole nitrogens is 1. The number of hydrogen-bond donors (Lipinski definition) is 9. The first-order chi connectivity index (χ1) is 29.5. The molecule has 2 aliphatic heterocycles. The molecule has 0 bridgehead atoms. The summed E-state index contributed by atoms with van der Waals surface area (Å²) in [6, 6.07) is 12.3. The van der Waals surface area contributed by atoms with E-state index >= 15 is 0 Å². The minimum atomic E-state index is -1.11. The Kier molecular flexibility index (Phi) is 16.1. The van der Waals surface area contributed by atoms with Gasteiger partial charge in [-0.05, 0) is 74.5 Å². The Morgan fingerprint density at radius 3 is 2.30 bits per heavy atom. The van der Waals surface area contributed by atoms with Crippen LogP contribution in [-0.4, -0.2) is 101 Å². The molecule has 328 valence electrons. The lowest BCUT2D eigenvalue weighted by atomic mass is 9.84. The Bertz CT molecular complexity index is 2000. The third kappa shape index (κ3) is 12.8. The van der Waals surface area contributed by atoms with Crippen molar-refractivity contribution in [3.8, 4) is 0 Å². The zero-order valence-electron chi connectivity index (χ0n) is 34.9. The molecule has 16 nitrogen and oxygen atoms in total. The smallest absolute Gasteiger partial charge is 0.245 e. The van der Waals surface area contributed by atoms with Gasteiger partial charge in [-0.15, -0.1) is 0 Å². The second kappa shape index (κ2) is 22.1. The van der Waals surface area contributed by atoms with Crippen LogP contribution in [0.2, 0.25) is 0 Å². The van der Waals surface area contributed by atoms with Gasteiger partial charge in [0.15, 0.2) is 5.96 Å². The Morgan fingerprint density at radius 1 is 0.787 bits per heavy atom. The Hall–Kier alpha value is -5.93. The maximum atomic E-state index is 14.5. The predicted molar refractivity (Wildman–Crippen MR) is 232 cm³/mol. The number of carbonyl (C=O) groups is 6. The van der Waals surface area contributed by atoms with Crippen molar-refractivity contribution in [1.82, 2.24) is 41.8 Å². The van der Waals surface area contributed by atoms with Gasteiger partial charge >= 0.3 is 0 Å². The summed E-state index contributed by atoms with van der Waals surface area (Å²) < 4.78 is 0. The van der Waals surface area contributed by atoms with Crippen LogP contribution in [0.25, 0.3) is 10.9 Å². The van der Waals surface area contributed by atoms with Gasteiger partial charge in [0.2, 0.25) is 35.4 Å². The molecule has 1 aromatic heterocycles. The van der Waals surface area contributed by atoms with Crippen molar-refractivity contribution < 1.29 is 28.8 Å². The number of aryl methyl sites for hydroxylation is 1. The van der Waals surface area contributed by atoms with Crippen molar-refractivity contribution in [3.05, 3.63) is 71.9 Å². The highest BCUT2D eigenvalue weighted by molar-refractivity contribution is 5.97. The molecule has 6 amide bonds.